The summed E-state index contributed by atoms with van der Waals surface area (Å²) in [5, 5.41) is 18.9. The van der Waals surface area contributed by atoms with Crippen LogP contribution in [-0.2, 0) is 24.0 Å². The van der Waals surface area contributed by atoms with E-state index in [-0.39, 0.29) is 6.42 Å². The van der Waals surface area contributed by atoms with Crippen molar-refractivity contribution < 1.29 is 29.1 Å². The maximum absolute atomic E-state index is 12.6. The third-order valence-electron chi connectivity index (χ3n) is 4.41. The summed E-state index contributed by atoms with van der Waals surface area (Å²) in [6.45, 7) is 0.473. The second-order valence-corrected chi connectivity index (χ2v) is 6.84. The first-order valence-electron chi connectivity index (χ1n) is 9.56. The molecule has 0 spiro atoms. The number of primary amides is 1. The molecule has 12 heteroatoms. The fraction of sp³-hybridized carbons (Fsp3) is 0.706. The minimum atomic E-state index is -1.24. The van der Waals surface area contributed by atoms with E-state index in [0.717, 1.165) is 6.42 Å². The highest BCUT2D eigenvalue weighted by Crippen LogP contribution is 2.07. The molecule has 164 valence electrons. The summed E-state index contributed by atoms with van der Waals surface area (Å²) in [5.74, 6) is -3.88. The number of carbonyl (C=O) groups excluding carboxylic acids is 4. The molecule has 9 N–H and O–H groups in total. The summed E-state index contributed by atoms with van der Waals surface area (Å²) in [6.07, 6.45) is 2.33. The van der Waals surface area contributed by atoms with Gasteiger partial charge in [0.05, 0.1) is 12.5 Å². The molecule has 1 rings (SSSR count). The molecule has 3 unspecified atom stereocenters. The Labute approximate surface area is 168 Å². The number of hydrogen-bond donors (Lipinski definition) is 7. The number of unbranched alkanes of at least 4 members (excludes halogenated alkanes) is 1. The van der Waals surface area contributed by atoms with Crippen LogP contribution in [0.3, 0.4) is 0 Å². The van der Waals surface area contributed by atoms with Crippen LogP contribution in [0, 0.1) is 0 Å². The number of nitrogens with two attached hydrogens (primary N) is 2. The maximum Gasteiger partial charge on any atom is 0.322 e. The number of aliphatic carboxylic acids is 1. The van der Waals surface area contributed by atoms with E-state index in [2.05, 4.69) is 21.3 Å². The topological polar surface area (TPSA) is 206 Å². The van der Waals surface area contributed by atoms with Crippen LogP contribution in [-0.4, -0.2) is 72.5 Å². The van der Waals surface area contributed by atoms with Crippen molar-refractivity contribution in [1.29, 1.82) is 0 Å². The smallest absolute Gasteiger partial charge is 0.322 e. The number of hydrogen-bond acceptors (Lipinski definition) is 7. The number of carboxylic acids is 1. The summed E-state index contributed by atoms with van der Waals surface area (Å²) >= 11 is 0. The van der Waals surface area contributed by atoms with Gasteiger partial charge in [-0.2, -0.15) is 0 Å². The third-order valence-corrected chi connectivity index (χ3v) is 4.41. The summed E-state index contributed by atoms with van der Waals surface area (Å²) in [7, 11) is 0. The molecule has 1 saturated heterocycles. The molecule has 29 heavy (non-hydrogen) atoms. The predicted octanol–water partition coefficient (Wildman–Crippen LogP) is -3.09. The Hall–Kier alpha value is -2.73. The van der Waals surface area contributed by atoms with Crippen molar-refractivity contribution in [3.8, 4) is 0 Å². The number of amides is 4. The Balaban J connectivity index is 2.79. The molecule has 0 aromatic carbocycles. The monoisotopic (exact) mass is 414 g/mol. The maximum atomic E-state index is 12.6. The zero-order valence-corrected chi connectivity index (χ0v) is 16.2. The molecule has 1 aliphatic heterocycles. The van der Waals surface area contributed by atoms with Gasteiger partial charge in [-0.1, -0.05) is 0 Å². The summed E-state index contributed by atoms with van der Waals surface area (Å²) in [5.41, 5.74) is 10.6. The average molecular weight is 414 g/mol. The highest BCUT2D eigenvalue weighted by molar-refractivity contribution is 5.95. The minimum Gasteiger partial charge on any atom is -0.480 e. The van der Waals surface area contributed by atoms with Crippen LogP contribution < -0.4 is 32.7 Å². The average Bonchev–Trinajstić information content (AvgIpc) is 3.19. The van der Waals surface area contributed by atoms with E-state index in [9.17, 15) is 24.0 Å². The first kappa shape index (κ1) is 24.3. The van der Waals surface area contributed by atoms with E-state index >= 15 is 0 Å². The van der Waals surface area contributed by atoms with Gasteiger partial charge in [0.2, 0.25) is 23.6 Å². The quantitative estimate of drug-likeness (QED) is 0.153. The van der Waals surface area contributed by atoms with E-state index in [4.69, 9.17) is 16.6 Å². The lowest BCUT2D eigenvalue weighted by atomic mass is 10.1. The van der Waals surface area contributed by atoms with Gasteiger partial charge in [-0.3, -0.25) is 24.0 Å². The Morgan fingerprint density at radius 1 is 1.07 bits per heavy atom. The number of nitrogens with one attached hydrogen (secondary N) is 4. The predicted molar refractivity (Wildman–Crippen MR) is 102 cm³/mol. The van der Waals surface area contributed by atoms with E-state index in [0.29, 0.717) is 32.4 Å². The van der Waals surface area contributed by atoms with Gasteiger partial charge in [-0.05, 0) is 45.2 Å². The third kappa shape index (κ3) is 9.34. The SMILES string of the molecule is NCCCCC(NC(=O)C(CC(N)=O)NC(=O)C1CCCN1)C(=O)NCC(=O)O. The van der Waals surface area contributed by atoms with Crippen LogP contribution in [0.2, 0.25) is 0 Å². The molecule has 0 aliphatic carbocycles. The molecule has 0 bridgehead atoms. The van der Waals surface area contributed by atoms with Crippen molar-refractivity contribution in [2.45, 2.75) is 56.7 Å². The van der Waals surface area contributed by atoms with Gasteiger partial charge in [0, 0.05) is 0 Å². The highest BCUT2D eigenvalue weighted by Gasteiger charge is 2.30. The largest absolute Gasteiger partial charge is 0.480 e. The Morgan fingerprint density at radius 3 is 2.34 bits per heavy atom. The Morgan fingerprint density at radius 2 is 1.79 bits per heavy atom. The van der Waals surface area contributed by atoms with Gasteiger partial charge in [0.25, 0.3) is 0 Å². The molecular weight excluding hydrogens is 384 g/mol. The Kier molecular flexibility index (Phi) is 10.6. The molecule has 0 aromatic heterocycles. The van der Waals surface area contributed by atoms with Crippen LogP contribution in [0.1, 0.15) is 38.5 Å². The van der Waals surface area contributed by atoms with Crippen LogP contribution in [0.25, 0.3) is 0 Å². The van der Waals surface area contributed by atoms with Gasteiger partial charge in [0.1, 0.15) is 18.6 Å². The molecule has 4 amide bonds. The van der Waals surface area contributed by atoms with Crippen molar-refractivity contribution in [2.24, 2.45) is 11.5 Å². The van der Waals surface area contributed by atoms with Crippen LogP contribution in [0.4, 0.5) is 0 Å². The zero-order valence-electron chi connectivity index (χ0n) is 16.2. The van der Waals surface area contributed by atoms with Crippen LogP contribution in [0.5, 0.6) is 0 Å². The first-order valence-corrected chi connectivity index (χ1v) is 9.56. The molecular formula is C17H30N6O6. The lowest BCUT2D eigenvalue weighted by Crippen LogP contribution is -2.56. The normalized spacial score (nSPS) is 17.8. The molecule has 3 atom stereocenters. The van der Waals surface area contributed by atoms with Crippen LogP contribution >= 0.6 is 0 Å². The number of carbonyl (C=O) groups is 5. The number of rotatable bonds is 13. The molecule has 0 radical (unpaired) electrons. The van der Waals surface area contributed by atoms with E-state index in [1.807, 2.05) is 0 Å². The lowest BCUT2D eigenvalue weighted by molar-refractivity contribution is -0.138. The summed E-state index contributed by atoms with van der Waals surface area (Å²) < 4.78 is 0. The molecule has 1 heterocycles. The van der Waals surface area contributed by atoms with Gasteiger partial charge in [0.15, 0.2) is 0 Å². The fourth-order valence-electron chi connectivity index (χ4n) is 2.91. The zero-order chi connectivity index (χ0) is 21.8. The lowest BCUT2D eigenvalue weighted by Gasteiger charge is -2.23. The highest BCUT2D eigenvalue weighted by atomic mass is 16.4. The molecule has 12 nitrogen and oxygen atoms in total. The molecule has 0 aromatic rings. The number of carboxylic acid groups (broad SMARTS) is 1. The van der Waals surface area contributed by atoms with Crippen molar-refractivity contribution in [2.75, 3.05) is 19.6 Å². The first-order chi connectivity index (χ1) is 13.7. The molecule has 1 aliphatic rings. The van der Waals surface area contributed by atoms with Crippen molar-refractivity contribution >= 4 is 29.6 Å². The van der Waals surface area contributed by atoms with Crippen molar-refractivity contribution in [3.63, 3.8) is 0 Å². The molecule has 1 fully saturated rings. The van der Waals surface area contributed by atoms with E-state index < -0.39 is 60.7 Å². The van der Waals surface area contributed by atoms with Crippen LogP contribution in [0.15, 0.2) is 0 Å². The standard InChI is InChI=1S/C17H30N6O6/c18-6-2-1-4-11(15(27)21-9-14(25)26)22-17(29)12(8-13(19)24)23-16(28)10-5-3-7-20-10/h10-12,20H,1-9,18H2,(H2,19,24)(H,21,27)(H,22,29)(H,23,28)(H,25,26). The van der Waals surface area contributed by atoms with E-state index in [1.165, 1.54) is 0 Å². The van der Waals surface area contributed by atoms with Gasteiger partial charge in [-0.15, -0.1) is 0 Å². The van der Waals surface area contributed by atoms with Gasteiger partial charge in [-0.25, -0.2) is 0 Å². The fourth-order valence-corrected chi connectivity index (χ4v) is 2.91. The Bertz CT molecular complexity index is 607. The molecule has 0 saturated carbocycles. The second kappa shape index (κ2) is 12.7. The van der Waals surface area contributed by atoms with Crippen molar-refractivity contribution in [3.05, 3.63) is 0 Å². The summed E-state index contributed by atoms with van der Waals surface area (Å²) in [6, 6.07) is -2.74. The van der Waals surface area contributed by atoms with Gasteiger partial charge < -0.3 is 37.8 Å². The second-order valence-electron chi connectivity index (χ2n) is 6.84. The minimum absolute atomic E-state index is 0.218. The summed E-state index contributed by atoms with van der Waals surface area (Å²) in [4.78, 5) is 59.2. The van der Waals surface area contributed by atoms with Crippen molar-refractivity contribution in [1.82, 2.24) is 21.3 Å². The van der Waals surface area contributed by atoms with Gasteiger partial charge >= 0.3 is 5.97 Å². The van der Waals surface area contributed by atoms with E-state index in [1.54, 1.807) is 0 Å².